The van der Waals surface area contributed by atoms with E-state index >= 15 is 0 Å². The molecule has 23 heavy (non-hydrogen) atoms. The van der Waals surface area contributed by atoms with Crippen molar-refractivity contribution in [2.45, 2.75) is 33.2 Å². The van der Waals surface area contributed by atoms with E-state index in [1.165, 1.54) is 11.8 Å². The van der Waals surface area contributed by atoms with Crippen LogP contribution < -0.4 is 4.90 Å². The fourth-order valence-electron chi connectivity index (χ4n) is 2.91. The van der Waals surface area contributed by atoms with Crippen LogP contribution in [0.5, 0.6) is 0 Å². The number of thioether (sulfide) groups is 1. The van der Waals surface area contributed by atoms with Crippen molar-refractivity contribution < 1.29 is 9.59 Å². The maximum Gasteiger partial charge on any atom is 0.267 e. The van der Waals surface area contributed by atoms with Crippen molar-refractivity contribution in [3.8, 4) is 0 Å². The highest BCUT2D eigenvalue weighted by molar-refractivity contribution is 8.26. The average molecular weight is 346 g/mol. The van der Waals surface area contributed by atoms with Gasteiger partial charge in [-0.1, -0.05) is 49.1 Å². The van der Waals surface area contributed by atoms with E-state index < -0.39 is 0 Å². The van der Waals surface area contributed by atoms with Gasteiger partial charge >= 0.3 is 0 Å². The van der Waals surface area contributed by atoms with Crippen LogP contribution >= 0.6 is 24.0 Å². The van der Waals surface area contributed by atoms with E-state index in [-0.39, 0.29) is 17.9 Å². The molecule has 1 saturated heterocycles. The van der Waals surface area contributed by atoms with E-state index in [9.17, 15) is 9.59 Å². The molecule has 1 aromatic rings. The van der Waals surface area contributed by atoms with E-state index in [1.54, 1.807) is 9.80 Å². The number of hydrogen-bond donors (Lipinski definition) is 0. The number of rotatable bonds is 3. The van der Waals surface area contributed by atoms with E-state index in [0.29, 0.717) is 21.3 Å². The monoisotopic (exact) mass is 346 g/mol. The van der Waals surface area contributed by atoms with Crippen LogP contribution in [0, 0.1) is 0 Å². The number of hydrogen-bond acceptors (Lipinski definition) is 4. The summed E-state index contributed by atoms with van der Waals surface area (Å²) in [5.41, 5.74) is 2.18. The van der Waals surface area contributed by atoms with Gasteiger partial charge in [0.05, 0.1) is 16.2 Å². The fraction of sp³-hybridized carbons (Fsp3) is 0.353. The van der Waals surface area contributed by atoms with E-state index in [0.717, 1.165) is 17.7 Å². The topological polar surface area (TPSA) is 40.6 Å². The minimum atomic E-state index is -0.148. The maximum absolute atomic E-state index is 12.8. The molecule has 2 amide bonds. The second-order valence-corrected chi connectivity index (χ2v) is 7.22. The van der Waals surface area contributed by atoms with Gasteiger partial charge in [0.15, 0.2) is 0 Å². The maximum atomic E-state index is 12.8. The first kappa shape index (κ1) is 16.2. The summed E-state index contributed by atoms with van der Waals surface area (Å²) in [6, 6.07) is 7.64. The van der Waals surface area contributed by atoms with Crippen molar-refractivity contribution in [3.63, 3.8) is 0 Å². The predicted molar refractivity (Wildman–Crippen MR) is 98.2 cm³/mol. The molecule has 2 aliphatic heterocycles. The molecule has 0 bridgehead atoms. The lowest BCUT2D eigenvalue weighted by Crippen LogP contribution is -2.36. The summed E-state index contributed by atoms with van der Waals surface area (Å²) in [4.78, 5) is 29.5. The Bertz CT molecular complexity index is 742. The van der Waals surface area contributed by atoms with Gasteiger partial charge in [-0.25, -0.2) is 0 Å². The molecule has 2 heterocycles. The van der Waals surface area contributed by atoms with Gasteiger partial charge in [-0.15, -0.1) is 0 Å². The standard InChI is InChI=1S/C17H18N2O2S2/c1-4-10(3)19-16(21)14(23-17(19)22)13-11-8-6-7-9-12(11)18(5-2)15(13)20/h6-10H,4-5H2,1-3H3/b14-13+/t10-/m1/s1. The Balaban J connectivity index is 2.14. The number of fused-ring (bicyclic) bond motifs is 1. The number of thiocarbonyl (C=S) groups is 1. The molecular weight excluding hydrogens is 328 g/mol. The Morgan fingerprint density at radius 1 is 1.17 bits per heavy atom. The van der Waals surface area contributed by atoms with Crippen molar-refractivity contribution in [1.29, 1.82) is 0 Å². The van der Waals surface area contributed by atoms with Gasteiger partial charge in [-0.2, -0.15) is 0 Å². The Morgan fingerprint density at radius 2 is 1.87 bits per heavy atom. The van der Waals surface area contributed by atoms with Crippen LogP contribution in [0.1, 0.15) is 32.8 Å². The third-order valence-corrected chi connectivity index (χ3v) is 5.70. The molecule has 0 saturated carbocycles. The molecule has 6 heteroatoms. The number of para-hydroxylation sites is 1. The molecule has 120 valence electrons. The van der Waals surface area contributed by atoms with Crippen LogP contribution in [0.25, 0.3) is 5.57 Å². The number of likely N-dealkylation sites (N-methyl/N-ethyl adjacent to an activating group) is 1. The Kier molecular flexibility index (Phi) is 4.29. The third kappa shape index (κ3) is 2.40. The Hall–Kier alpha value is -1.66. The summed E-state index contributed by atoms with van der Waals surface area (Å²) in [7, 11) is 0. The quantitative estimate of drug-likeness (QED) is 0.621. The Morgan fingerprint density at radius 3 is 2.52 bits per heavy atom. The molecule has 1 aromatic carbocycles. The van der Waals surface area contributed by atoms with Gasteiger partial charge in [0.1, 0.15) is 4.32 Å². The molecule has 0 radical (unpaired) electrons. The Labute approximate surface area is 145 Å². The molecule has 1 fully saturated rings. The minimum Gasteiger partial charge on any atom is -0.308 e. The van der Waals surface area contributed by atoms with Crippen LogP contribution in [0.15, 0.2) is 29.2 Å². The summed E-state index contributed by atoms with van der Waals surface area (Å²) in [6.45, 7) is 6.50. The highest BCUT2D eigenvalue weighted by Gasteiger charge is 2.42. The van der Waals surface area contributed by atoms with Crippen molar-refractivity contribution in [1.82, 2.24) is 4.90 Å². The minimum absolute atomic E-state index is 0.0367. The molecule has 3 rings (SSSR count). The molecule has 0 aliphatic carbocycles. The average Bonchev–Trinajstić information content (AvgIpc) is 2.99. The van der Waals surface area contributed by atoms with Gasteiger partial charge in [-0.3, -0.25) is 14.5 Å². The SMILES string of the molecule is CC[C@@H](C)N1C(=O)/C(=C2\C(=O)N(CC)c3ccccc32)SC1=S. The van der Waals surface area contributed by atoms with Crippen LogP contribution in [0.2, 0.25) is 0 Å². The first-order valence-corrected chi connectivity index (χ1v) is 8.94. The van der Waals surface area contributed by atoms with Gasteiger partial charge in [0, 0.05) is 18.2 Å². The third-order valence-electron chi connectivity index (χ3n) is 4.30. The van der Waals surface area contributed by atoms with Crippen LogP contribution in [0.4, 0.5) is 5.69 Å². The summed E-state index contributed by atoms with van der Waals surface area (Å²) >= 11 is 6.62. The van der Waals surface area contributed by atoms with Crippen molar-refractivity contribution in [2.24, 2.45) is 0 Å². The van der Waals surface area contributed by atoms with Crippen molar-refractivity contribution in [2.75, 3.05) is 11.4 Å². The van der Waals surface area contributed by atoms with Crippen LogP contribution in [0.3, 0.4) is 0 Å². The highest BCUT2D eigenvalue weighted by atomic mass is 32.2. The highest BCUT2D eigenvalue weighted by Crippen LogP contribution is 2.44. The first-order valence-electron chi connectivity index (χ1n) is 7.72. The smallest absolute Gasteiger partial charge is 0.267 e. The lowest BCUT2D eigenvalue weighted by molar-refractivity contribution is -0.123. The van der Waals surface area contributed by atoms with Gasteiger partial charge in [-0.05, 0) is 26.3 Å². The molecule has 1 atom stereocenters. The zero-order chi connectivity index (χ0) is 16.7. The van der Waals surface area contributed by atoms with Crippen LogP contribution in [-0.2, 0) is 9.59 Å². The molecule has 0 N–H and O–H groups in total. The number of nitrogens with zero attached hydrogens (tertiary/aromatic N) is 2. The lowest BCUT2D eigenvalue weighted by atomic mass is 10.1. The van der Waals surface area contributed by atoms with Gasteiger partial charge in [0.2, 0.25) is 0 Å². The number of carbonyl (C=O) groups is 2. The summed E-state index contributed by atoms with van der Waals surface area (Å²) in [6.07, 6.45) is 0.820. The fourth-order valence-corrected chi connectivity index (χ4v) is 4.44. The number of benzene rings is 1. The molecular formula is C17H18N2O2S2. The first-order chi connectivity index (χ1) is 11.0. The van der Waals surface area contributed by atoms with Crippen molar-refractivity contribution >= 4 is 51.4 Å². The molecule has 2 aliphatic rings. The summed E-state index contributed by atoms with van der Waals surface area (Å²) < 4.78 is 0.534. The number of carbonyl (C=O) groups excluding carboxylic acids is 2. The van der Waals surface area contributed by atoms with E-state index in [2.05, 4.69) is 0 Å². The summed E-state index contributed by atoms with van der Waals surface area (Å²) in [5.74, 6) is -0.260. The summed E-state index contributed by atoms with van der Waals surface area (Å²) in [5, 5.41) is 0. The zero-order valence-electron chi connectivity index (χ0n) is 13.3. The van der Waals surface area contributed by atoms with Crippen LogP contribution in [-0.4, -0.2) is 33.6 Å². The molecule has 0 aromatic heterocycles. The van der Waals surface area contributed by atoms with E-state index in [4.69, 9.17) is 12.2 Å². The van der Waals surface area contributed by atoms with Gasteiger partial charge in [0.25, 0.3) is 11.8 Å². The molecule has 0 unspecified atom stereocenters. The number of amides is 2. The second kappa shape index (κ2) is 6.09. The lowest BCUT2D eigenvalue weighted by Gasteiger charge is -2.21. The predicted octanol–water partition coefficient (Wildman–Crippen LogP) is 3.42. The largest absolute Gasteiger partial charge is 0.308 e. The van der Waals surface area contributed by atoms with Gasteiger partial charge < -0.3 is 4.90 Å². The van der Waals surface area contributed by atoms with E-state index in [1.807, 2.05) is 45.0 Å². The normalized spacial score (nSPS) is 22.1. The molecule has 0 spiro atoms. The van der Waals surface area contributed by atoms with Crippen molar-refractivity contribution in [3.05, 3.63) is 34.7 Å². The zero-order valence-corrected chi connectivity index (χ0v) is 15.0. The second-order valence-electron chi connectivity index (χ2n) is 5.57. The molecule has 4 nitrogen and oxygen atoms in total. The number of anilines is 1.